The van der Waals surface area contributed by atoms with Crippen LogP contribution in [0.15, 0.2) is 18.7 Å². The standard InChI is InChI=1S/C15H25N3O3/c1-3-5-13(18-9-8-16-11-18)10-14(19)17-12(2)6-4-7-15(20)21/h8-9,11-13H,3-7,10H2,1-2H3,(H,17,19)(H,20,21). The van der Waals surface area contributed by atoms with Crippen molar-refractivity contribution < 1.29 is 14.7 Å². The van der Waals surface area contributed by atoms with E-state index in [4.69, 9.17) is 5.11 Å². The van der Waals surface area contributed by atoms with Crippen LogP contribution in [0, 0.1) is 0 Å². The highest BCUT2D eigenvalue weighted by Crippen LogP contribution is 2.17. The molecule has 0 aromatic carbocycles. The van der Waals surface area contributed by atoms with Crippen molar-refractivity contribution in [2.24, 2.45) is 0 Å². The van der Waals surface area contributed by atoms with Crippen molar-refractivity contribution in [1.82, 2.24) is 14.9 Å². The molecule has 1 aromatic rings. The van der Waals surface area contributed by atoms with Crippen LogP contribution in [0.25, 0.3) is 0 Å². The van der Waals surface area contributed by atoms with Crippen LogP contribution in [0.1, 0.15) is 58.4 Å². The topological polar surface area (TPSA) is 84.2 Å². The predicted molar refractivity (Wildman–Crippen MR) is 79.9 cm³/mol. The molecule has 0 bridgehead atoms. The first-order valence-electron chi connectivity index (χ1n) is 7.51. The largest absolute Gasteiger partial charge is 0.481 e. The number of nitrogens with one attached hydrogen (secondary N) is 1. The molecular weight excluding hydrogens is 270 g/mol. The molecule has 0 saturated carbocycles. The highest BCUT2D eigenvalue weighted by molar-refractivity contribution is 5.76. The normalized spacial score (nSPS) is 13.6. The minimum atomic E-state index is -0.795. The molecule has 6 nitrogen and oxygen atoms in total. The van der Waals surface area contributed by atoms with Gasteiger partial charge in [-0.25, -0.2) is 4.98 Å². The van der Waals surface area contributed by atoms with E-state index in [1.54, 1.807) is 12.5 Å². The number of carbonyl (C=O) groups is 2. The van der Waals surface area contributed by atoms with E-state index in [1.165, 1.54) is 0 Å². The van der Waals surface area contributed by atoms with Gasteiger partial charge in [-0.3, -0.25) is 9.59 Å². The summed E-state index contributed by atoms with van der Waals surface area (Å²) in [6.07, 6.45) is 9.10. The zero-order valence-electron chi connectivity index (χ0n) is 12.8. The number of carboxylic acid groups (broad SMARTS) is 1. The van der Waals surface area contributed by atoms with E-state index < -0.39 is 5.97 Å². The minimum Gasteiger partial charge on any atom is -0.481 e. The number of amides is 1. The number of nitrogens with zero attached hydrogens (tertiary/aromatic N) is 2. The lowest BCUT2D eigenvalue weighted by Crippen LogP contribution is -2.34. The Balaban J connectivity index is 2.38. The Labute approximate surface area is 125 Å². The van der Waals surface area contributed by atoms with Crippen LogP contribution in [0.5, 0.6) is 0 Å². The van der Waals surface area contributed by atoms with E-state index in [0.29, 0.717) is 19.3 Å². The van der Waals surface area contributed by atoms with Gasteiger partial charge in [-0.15, -0.1) is 0 Å². The van der Waals surface area contributed by atoms with Gasteiger partial charge >= 0.3 is 5.97 Å². The van der Waals surface area contributed by atoms with Crippen LogP contribution < -0.4 is 5.32 Å². The number of aliphatic carboxylic acids is 1. The summed E-state index contributed by atoms with van der Waals surface area (Å²) in [5.74, 6) is -0.790. The molecular formula is C15H25N3O3. The van der Waals surface area contributed by atoms with Gasteiger partial charge in [-0.2, -0.15) is 0 Å². The van der Waals surface area contributed by atoms with Gasteiger partial charge in [-0.1, -0.05) is 13.3 Å². The SMILES string of the molecule is CCCC(CC(=O)NC(C)CCCC(=O)O)n1ccnc1. The molecule has 0 aliphatic carbocycles. The van der Waals surface area contributed by atoms with Crippen molar-refractivity contribution in [2.45, 2.75) is 64.5 Å². The number of aromatic nitrogens is 2. The van der Waals surface area contributed by atoms with Crippen LogP contribution in [-0.2, 0) is 9.59 Å². The molecule has 0 spiro atoms. The second-order valence-corrected chi connectivity index (χ2v) is 5.41. The summed E-state index contributed by atoms with van der Waals surface area (Å²) in [7, 11) is 0. The summed E-state index contributed by atoms with van der Waals surface area (Å²) in [4.78, 5) is 26.6. The zero-order valence-corrected chi connectivity index (χ0v) is 12.8. The third-order valence-electron chi connectivity index (χ3n) is 3.42. The van der Waals surface area contributed by atoms with E-state index in [-0.39, 0.29) is 24.4 Å². The molecule has 1 heterocycles. The number of hydrogen-bond donors (Lipinski definition) is 2. The summed E-state index contributed by atoms with van der Waals surface area (Å²) in [6, 6.07) is 0.130. The van der Waals surface area contributed by atoms with Crippen LogP contribution in [0.4, 0.5) is 0 Å². The Hall–Kier alpha value is -1.85. The minimum absolute atomic E-state index is 0.00177. The van der Waals surface area contributed by atoms with E-state index >= 15 is 0 Å². The first kappa shape index (κ1) is 17.2. The van der Waals surface area contributed by atoms with Crippen LogP contribution >= 0.6 is 0 Å². The van der Waals surface area contributed by atoms with Crippen molar-refractivity contribution in [3.05, 3.63) is 18.7 Å². The van der Waals surface area contributed by atoms with E-state index in [1.807, 2.05) is 17.7 Å². The average molecular weight is 295 g/mol. The monoisotopic (exact) mass is 295 g/mol. The van der Waals surface area contributed by atoms with Crippen molar-refractivity contribution >= 4 is 11.9 Å². The van der Waals surface area contributed by atoms with Crippen molar-refractivity contribution in [3.63, 3.8) is 0 Å². The maximum atomic E-state index is 12.1. The van der Waals surface area contributed by atoms with Crippen molar-refractivity contribution in [1.29, 1.82) is 0 Å². The summed E-state index contributed by atoms with van der Waals surface area (Å²) in [6.45, 7) is 4.00. The van der Waals surface area contributed by atoms with Gasteiger partial charge in [0.1, 0.15) is 0 Å². The van der Waals surface area contributed by atoms with Gasteiger partial charge < -0.3 is 15.0 Å². The van der Waals surface area contributed by atoms with Gasteiger partial charge in [0.15, 0.2) is 0 Å². The highest BCUT2D eigenvalue weighted by Gasteiger charge is 2.16. The molecule has 1 aromatic heterocycles. The van der Waals surface area contributed by atoms with E-state index in [0.717, 1.165) is 12.8 Å². The number of rotatable bonds is 10. The van der Waals surface area contributed by atoms with Crippen LogP contribution in [0.3, 0.4) is 0 Å². The summed E-state index contributed by atoms with van der Waals surface area (Å²) in [5, 5.41) is 11.5. The molecule has 6 heteroatoms. The molecule has 2 unspecified atom stereocenters. The first-order chi connectivity index (χ1) is 10.0. The van der Waals surface area contributed by atoms with Crippen LogP contribution in [-0.4, -0.2) is 32.6 Å². The lowest BCUT2D eigenvalue weighted by molar-refractivity contribution is -0.137. The molecule has 0 saturated heterocycles. The Morgan fingerprint density at radius 1 is 1.38 bits per heavy atom. The number of hydrogen-bond acceptors (Lipinski definition) is 3. The fourth-order valence-electron chi connectivity index (χ4n) is 2.35. The molecule has 0 aliphatic heterocycles. The quantitative estimate of drug-likeness (QED) is 0.694. The Morgan fingerprint density at radius 2 is 2.14 bits per heavy atom. The molecule has 2 atom stereocenters. The Morgan fingerprint density at radius 3 is 2.71 bits per heavy atom. The highest BCUT2D eigenvalue weighted by atomic mass is 16.4. The summed E-state index contributed by atoms with van der Waals surface area (Å²) < 4.78 is 1.97. The van der Waals surface area contributed by atoms with Gasteiger partial charge in [0.25, 0.3) is 0 Å². The average Bonchev–Trinajstić information content (AvgIpc) is 2.91. The van der Waals surface area contributed by atoms with Gasteiger partial charge in [0, 0.05) is 37.3 Å². The molecule has 0 fully saturated rings. The summed E-state index contributed by atoms with van der Waals surface area (Å²) in [5.41, 5.74) is 0. The fraction of sp³-hybridized carbons (Fsp3) is 0.667. The van der Waals surface area contributed by atoms with Gasteiger partial charge in [0.2, 0.25) is 5.91 Å². The third-order valence-corrected chi connectivity index (χ3v) is 3.42. The van der Waals surface area contributed by atoms with E-state index in [2.05, 4.69) is 17.2 Å². The molecule has 21 heavy (non-hydrogen) atoms. The number of imidazole rings is 1. The predicted octanol–water partition coefficient (Wildman–Crippen LogP) is 2.37. The maximum Gasteiger partial charge on any atom is 0.303 e. The van der Waals surface area contributed by atoms with Crippen molar-refractivity contribution in [3.8, 4) is 0 Å². The first-order valence-corrected chi connectivity index (χ1v) is 7.51. The second-order valence-electron chi connectivity index (χ2n) is 5.41. The molecule has 1 amide bonds. The third kappa shape index (κ3) is 6.92. The molecule has 2 N–H and O–H groups in total. The Kier molecular flexibility index (Phi) is 7.50. The molecule has 118 valence electrons. The van der Waals surface area contributed by atoms with Crippen LogP contribution in [0.2, 0.25) is 0 Å². The fourth-order valence-corrected chi connectivity index (χ4v) is 2.35. The van der Waals surface area contributed by atoms with Gasteiger partial charge in [-0.05, 0) is 26.2 Å². The molecule has 1 rings (SSSR count). The lowest BCUT2D eigenvalue weighted by Gasteiger charge is -2.19. The number of carbonyl (C=O) groups excluding carboxylic acids is 1. The molecule has 0 aliphatic rings. The summed E-state index contributed by atoms with van der Waals surface area (Å²) >= 11 is 0. The lowest BCUT2D eigenvalue weighted by atomic mass is 10.1. The Bertz CT molecular complexity index is 431. The van der Waals surface area contributed by atoms with Gasteiger partial charge in [0.05, 0.1) is 6.33 Å². The number of carboxylic acids is 1. The van der Waals surface area contributed by atoms with E-state index in [9.17, 15) is 9.59 Å². The van der Waals surface area contributed by atoms with Crippen molar-refractivity contribution in [2.75, 3.05) is 0 Å². The zero-order chi connectivity index (χ0) is 15.7. The maximum absolute atomic E-state index is 12.1. The second kappa shape index (κ2) is 9.15. The smallest absolute Gasteiger partial charge is 0.303 e. The molecule has 0 radical (unpaired) electrons.